The Balaban J connectivity index is 2.44. The molecule has 2 N–H and O–H groups in total. The molecule has 2 atom stereocenters. The van der Waals surface area contributed by atoms with E-state index in [1.54, 1.807) is 24.3 Å². The van der Waals surface area contributed by atoms with E-state index >= 15 is 0 Å². The zero-order chi connectivity index (χ0) is 13.4. The maximum Gasteiger partial charge on any atom is 0.261 e. The van der Waals surface area contributed by atoms with Gasteiger partial charge in [-0.1, -0.05) is 26.0 Å². The van der Waals surface area contributed by atoms with Crippen LogP contribution in [-0.2, 0) is 0 Å². The Labute approximate surface area is 107 Å². The van der Waals surface area contributed by atoms with Crippen LogP contribution in [0.1, 0.15) is 41.5 Å². The second kappa shape index (κ2) is 4.53. The van der Waals surface area contributed by atoms with Crippen molar-refractivity contribution < 1.29 is 9.59 Å². The fourth-order valence-electron chi connectivity index (χ4n) is 2.62. The van der Waals surface area contributed by atoms with Gasteiger partial charge in [-0.05, 0) is 25.0 Å². The lowest BCUT2D eigenvalue weighted by Gasteiger charge is -2.32. The third kappa shape index (κ3) is 1.82. The largest absolute Gasteiger partial charge is 0.326 e. The lowest BCUT2D eigenvalue weighted by Crippen LogP contribution is -2.52. The monoisotopic (exact) mass is 246 g/mol. The van der Waals surface area contributed by atoms with Gasteiger partial charge >= 0.3 is 0 Å². The number of hydrogen-bond donors (Lipinski definition) is 1. The summed E-state index contributed by atoms with van der Waals surface area (Å²) < 4.78 is 0. The van der Waals surface area contributed by atoms with E-state index in [1.165, 1.54) is 4.90 Å². The van der Waals surface area contributed by atoms with Crippen molar-refractivity contribution in [2.24, 2.45) is 11.7 Å². The molecule has 18 heavy (non-hydrogen) atoms. The minimum Gasteiger partial charge on any atom is -0.326 e. The zero-order valence-electron chi connectivity index (χ0n) is 10.9. The summed E-state index contributed by atoms with van der Waals surface area (Å²) in [6.45, 7) is 5.77. The highest BCUT2D eigenvalue weighted by Crippen LogP contribution is 2.27. The minimum absolute atomic E-state index is 0.132. The number of rotatable bonds is 3. The van der Waals surface area contributed by atoms with Gasteiger partial charge in [0.1, 0.15) is 0 Å². The summed E-state index contributed by atoms with van der Waals surface area (Å²) in [5.74, 6) is -0.328. The summed E-state index contributed by atoms with van der Waals surface area (Å²) in [6, 6.07) is 6.40. The molecule has 0 unspecified atom stereocenters. The molecule has 1 aromatic rings. The average Bonchev–Trinajstić information content (AvgIpc) is 2.55. The predicted octanol–water partition coefficient (Wildman–Crippen LogP) is 1.65. The molecule has 0 bridgehead atoms. The van der Waals surface area contributed by atoms with Gasteiger partial charge in [-0.25, -0.2) is 0 Å². The van der Waals surface area contributed by atoms with Gasteiger partial charge in [0.25, 0.3) is 11.8 Å². The molecule has 2 amide bonds. The maximum atomic E-state index is 12.3. The highest BCUT2D eigenvalue weighted by atomic mass is 16.2. The Morgan fingerprint density at radius 2 is 1.44 bits per heavy atom. The molecule has 0 saturated heterocycles. The summed E-state index contributed by atoms with van der Waals surface area (Å²) in [4.78, 5) is 25.9. The molecule has 1 aliphatic heterocycles. The number of amides is 2. The van der Waals surface area contributed by atoms with Gasteiger partial charge in [0.15, 0.2) is 0 Å². The van der Waals surface area contributed by atoms with Gasteiger partial charge in [-0.3, -0.25) is 14.5 Å². The number of carbonyl (C=O) groups excluding carboxylic acids is 2. The Hall–Kier alpha value is -1.68. The molecular formula is C14H18N2O2. The van der Waals surface area contributed by atoms with Crippen molar-refractivity contribution in [1.29, 1.82) is 0 Å². The van der Waals surface area contributed by atoms with Crippen molar-refractivity contribution in [3.05, 3.63) is 35.4 Å². The Morgan fingerprint density at radius 1 is 1.00 bits per heavy atom. The number of fused-ring (bicyclic) bond motifs is 1. The van der Waals surface area contributed by atoms with Gasteiger partial charge in [-0.15, -0.1) is 0 Å². The van der Waals surface area contributed by atoms with Crippen LogP contribution < -0.4 is 5.73 Å². The highest BCUT2D eigenvalue weighted by molar-refractivity contribution is 6.21. The molecule has 0 aliphatic carbocycles. The fraction of sp³-hybridized carbons (Fsp3) is 0.429. The molecule has 4 heteroatoms. The molecule has 0 saturated carbocycles. The molecule has 0 radical (unpaired) electrons. The second-order valence-electron chi connectivity index (χ2n) is 5.12. The van der Waals surface area contributed by atoms with Crippen LogP contribution in [0.3, 0.4) is 0 Å². The molecule has 1 heterocycles. The first-order chi connectivity index (χ1) is 8.45. The molecule has 4 nitrogen and oxygen atoms in total. The number of benzene rings is 1. The van der Waals surface area contributed by atoms with E-state index in [4.69, 9.17) is 5.73 Å². The SMILES string of the molecule is CC(C)[C@H]([C@H](C)N)N1C(=O)c2ccccc2C1=O. The molecule has 0 aromatic heterocycles. The van der Waals surface area contributed by atoms with E-state index in [2.05, 4.69) is 0 Å². The quantitative estimate of drug-likeness (QED) is 0.825. The number of nitrogens with zero attached hydrogens (tertiary/aromatic N) is 1. The first-order valence-electron chi connectivity index (χ1n) is 6.17. The Morgan fingerprint density at radius 3 is 1.78 bits per heavy atom. The zero-order valence-corrected chi connectivity index (χ0v) is 10.9. The molecule has 0 spiro atoms. The first kappa shape index (κ1) is 12.8. The molecule has 1 aliphatic rings. The molecular weight excluding hydrogens is 228 g/mol. The van der Waals surface area contributed by atoms with Crippen molar-refractivity contribution in [1.82, 2.24) is 4.90 Å². The van der Waals surface area contributed by atoms with Crippen molar-refractivity contribution in [2.75, 3.05) is 0 Å². The minimum atomic E-state index is -0.266. The van der Waals surface area contributed by atoms with E-state index in [1.807, 2.05) is 20.8 Å². The number of nitrogens with two attached hydrogens (primary N) is 1. The van der Waals surface area contributed by atoms with Crippen LogP contribution in [0, 0.1) is 5.92 Å². The van der Waals surface area contributed by atoms with E-state index in [9.17, 15) is 9.59 Å². The van der Waals surface area contributed by atoms with Crippen molar-refractivity contribution in [3.63, 3.8) is 0 Å². The van der Waals surface area contributed by atoms with E-state index in [0.29, 0.717) is 11.1 Å². The van der Waals surface area contributed by atoms with Gasteiger partial charge in [0, 0.05) is 6.04 Å². The normalized spacial score (nSPS) is 18.2. The fourth-order valence-corrected chi connectivity index (χ4v) is 2.62. The summed E-state index contributed by atoms with van der Waals surface area (Å²) in [7, 11) is 0. The summed E-state index contributed by atoms with van der Waals surface area (Å²) >= 11 is 0. The highest BCUT2D eigenvalue weighted by Gasteiger charge is 2.41. The molecule has 1 aromatic carbocycles. The average molecular weight is 246 g/mol. The predicted molar refractivity (Wildman–Crippen MR) is 69.2 cm³/mol. The lowest BCUT2D eigenvalue weighted by molar-refractivity contribution is 0.0516. The third-order valence-electron chi connectivity index (χ3n) is 3.35. The van der Waals surface area contributed by atoms with E-state index in [-0.39, 0.29) is 29.8 Å². The lowest BCUT2D eigenvalue weighted by atomic mass is 9.96. The van der Waals surface area contributed by atoms with Crippen LogP contribution in [0.15, 0.2) is 24.3 Å². The Kier molecular flexibility index (Phi) is 3.22. The summed E-state index contributed by atoms with van der Waals surface area (Å²) in [5, 5.41) is 0. The van der Waals surface area contributed by atoms with Crippen LogP contribution >= 0.6 is 0 Å². The maximum absolute atomic E-state index is 12.3. The summed E-state index contributed by atoms with van der Waals surface area (Å²) in [5.41, 5.74) is 6.89. The first-order valence-corrected chi connectivity index (χ1v) is 6.17. The van der Waals surface area contributed by atoms with E-state index < -0.39 is 0 Å². The van der Waals surface area contributed by atoms with Crippen LogP contribution in [0.4, 0.5) is 0 Å². The molecule has 0 fully saturated rings. The topological polar surface area (TPSA) is 63.4 Å². The van der Waals surface area contributed by atoms with Crippen molar-refractivity contribution in [2.45, 2.75) is 32.9 Å². The summed E-state index contributed by atoms with van der Waals surface area (Å²) in [6.07, 6.45) is 0. The number of imide groups is 1. The van der Waals surface area contributed by atoms with Gasteiger partial charge in [0.05, 0.1) is 17.2 Å². The molecule has 96 valence electrons. The third-order valence-corrected chi connectivity index (χ3v) is 3.35. The van der Waals surface area contributed by atoms with Crippen LogP contribution in [0.5, 0.6) is 0 Å². The Bertz CT molecular complexity index is 451. The standard InChI is InChI=1S/C14H18N2O2/c1-8(2)12(9(3)15)16-13(17)10-6-4-5-7-11(10)14(16)18/h4-9,12H,15H2,1-3H3/t9-,12+/m0/s1. The van der Waals surface area contributed by atoms with Gasteiger partial charge in [-0.2, -0.15) is 0 Å². The number of hydrogen-bond acceptors (Lipinski definition) is 3. The number of carbonyl (C=O) groups is 2. The molecule has 2 rings (SSSR count). The van der Waals surface area contributed by atoms with Crippen LogP contribution in [0.25, 0.3) is 0 Å². The van der Waals surface area contributed by atoms with E-state index in [0.717, 1.165) is 0 Å². The smallest absolute Gasteiger partial charge is 0.261 e. The second-order valence-corrected chi connectivity index (χ2v) is 5.12. The van der Waals surface area contributed by atoms with Crippen LogP contribution in [-0.4, -0.2) is 28.8 Å². The van der Waals surface area contributed by atoms with Crippen molar-refractivity contribution >= 4 is 11.8 Å². The van der Waals surface area contributed by atoms with Crippen molar-refractivity contribution in [3.8, 4) is 0 Å². The van der Waals surface area contributed by atoms with Crippen LogP contribution in [0.2, 0.25) is 0 Å². The van der Waals surface area contributed by atoms with Gasteiger partial charge < -0.3 is 5.73 Å². The van der Waals surface area contributed by atoms with Gasteiger partial charge in [0.2, 0.25) is 0 Å².